The monoisotopic (exact) mass is 558 g/mol. The van der Waals surface area contributed by atoms with E-state index < -0.39 is 0 Å². The Hall–Kier alpha value is -2.38. The molecule has 0 spiro atoms. The predicted octanol–water partition coefficient (Wildman–Crippen LogP) is 6.84. The van der Waals surface area contributed by atoms with Gasteiger partial charge in [0.25, 0.3) is 0 Å². The van der Waals surface area contributed by atoms with Gasteiger partial charge in [-0.25, -0.2) is 0 Å². The summed E-state index contributed by atoms with van der Waals surface area (Å²) in [5.41, 5.74) is 4.36. The zero-order valence-electron chi connectivity index (χ0n) is 18.7. The third-order valence-corrected chi connectivity index (χ3v) is 6.52. The molecule has 0 aliphatic carbocycles. The molecule has 1 aliphatic heterocycles. The van der Waals surface area contributed by atoms with Crippen molar-refractivity contribution in [3.63, 3.8) is 0 Å². The van der Waals surface area contributed by atoms with E-state index in [1.54, 1.807) is 0 Å². The molecule has 34 heavy (non-hydrogen) atoms. The van der Waals surface area contributed by atoms with Crippen LogP contribution in [0.4, 0.5) is 5.69 Å². The summed E-state index contributed by atoms with van der Waals surface area (Å²) in [6.07, 6.45) is 0. The maximum Gasteiger partial charge on any atom is 0.247 e. The summed E-state index contributed by atoms with van der Waals surface area (Å²) in [6.45, 7) is 5.55. The first kappa shape index (κ1) is 24.7. The number of benzene rings is 3. The van der Waals surface area contributed by atoms with Crippen molar-refractivity contribution < 1.29 is 4.42 Å². The van der Waals surface area contributed by atoms with Gasteiger partial charge >= 0.3 is 0 Å². The minimum absolute atomic E-state index is 0. The highest BCUT2D eigenvalue weighted by Gasteiger charge is 2.31. The highest BCUT2D eigenvalue weighted by Crippen LogP contribution is 2.33. The van der Waals surface area contributed by atoms with Crippen LogP contribution in [0.15, 0.2) is 77.2 Å². The molecule has 5 rings (SSSR count). The minimum Gasteiger partial charge on any atom is -0.419 e. The van der Waals surface area contributed by atoms with Crippen LogP contribution in [-0.2, 0) is 0 Å². The highest BCUT2D eigenvalue weighted by molar-refractivity contribution is 8.93. The Bertz CT molecular complexity index is 1240. The van der Waals surface area contributed by atoms with Gasteiger partial charge in [0, 0.05) is 47.5 Å². The first-order chi connectivity index (χ1) is 16.1. The third kappa shape index (κ3) is 5.31. The van der Waals surface area contributed by atoms with Gasteiger partial charge in [0.05, 0.1) is 0 Å². The third-order valence-electron chi connectivity index (χ3n) is 6.05. The maximum atomic E-state index is 6.35. The van der Waals surface area contributed by atoms with Gasteiger partial charge in [-0.1, -0.05) is 59.6 Å². The second kappa shape index (κ2) is 10.9. The van der Waals surface area contributed by atoms with Crippen LogP contribution in [0.3, 0.4) is 0 Å². The second-order valence-corrected chi connectivity index (χ2v) is 9.10. The minimum atomic E-state index is -0.170. The molecular formula is C26H25BrCl2N4O. The largest absolute Gasteiger partial charge is 0.419 e. The van der Waals surface area contributed by atoms with Crippen LogP contribution in [-0.4, -0.2) is 41.3 Å². The molecule has 2 heterocycles. The van der Waals surface area contributed by atoms with E-state index in [1.165, 1.54) is 11.3 Å². The lowest BCUT2D eigenvalue weighted by molar-refractivity contribution is 0.188. The van der Waals surface area contributed by atoms with Crippen LogP contribution >= 0.6 is 40.2 Å². The van der Waals surface area contributed by atoms with Gasteiger partial charge in [0.15, 0.2) is 0 Å². The zero-order chi connectivity index (χ0) is 22.8. The fraction of sp³-hybridized carbons (Fsp3) is 0.231. The Morgan fingerprint density at radius 1 is 0.824 bits per heavy atom. The Balaban J connectivity index is 0.00000274. The molecule has 1 fully saturated rings. The molecule has 8 heteroatoms. The number of anilines is 1. The van der Waals surface area contributed by atoms with Crippen molar-refractivity contribution in [2.75, 3.05) is 31.1 Å². The van der Waals surface area contributed by atoms with E-state index in [2.05, 4.69) is 39.1 Å². The van der Waals surface area contributed by atoms with Crippen LogP contribution in [0.25, 0.3) is 11.5 Å². The molecule has 0 bridgehead atoms. The van der Waals surface area contributed by atoms with E-state index in [0.717, 1.165) is 42.3 Å². The van der Waals surface area contributed by atoms with Gasteiger partial charge in [0.2, 0.25) is 11.8 Å². The summed E-state index contributed by atoms with van der Waals surface area (Å²) in [5.74, 6) is 1.09. The Kier molecular flexibility index (Phi) is 7.94. The van der Waals surface area contributed by atoms with Gasteiger partial charge in [-0.15, -0.1) is 27.2 Å². The SMILES string of the molecule is Br.Cc1ccc(Cl)cc1N1CCN(C(c2cccc(Cl)c2)c2nnc(-c3ccccc3)o2)CC1. The Labute approximate surface area is 220 Å². The van der Waals surface area contributed by atoms with Crippen LogP contribution in [0.1, 0.15) is 23.1 Å². The predicted molar refractivity (Wildman–Crippen MR) is 143 cm³/mol. The molecule has 0 radical (unpaired) electrons. The molecule has 1 aromatic heterocycles. The fourth-order valence-electron chi connectivity index (χ4n) is 4.37. The van der Waals surface area contributed by atoms with Crippen molar-refractivity contribution in [2.24, 2.45) is 0 Å². The smallest absolute Gasteiger partial charge is 0.247 e. The van der Waals surface area contributed by atoms with E-state index >= 15 is 0 Å². The van der Waals surface area contributed by atoms with Crippen LogP contribution in [0, 0.1) is 6.92 Å². The first-order valence-electron chi connectivity index (χ1n) is 11.0. The fourth-order valence-corrected chi connectivity index (χ4v) is 4.74. The van der Waals surface area contributed by atoms with Gasteiger partial charge in [-0.05, 0) is 54.4 Å². The van der Waals surface area contributed by atoms with E-state index in [9.17, 15) is 0 Å². The summed E-state index contributed by atoms with van der Waals surface area (Å²) in [5, 5.41) is 10.2. The van der Waals surface area contributed by atoms with Crippen LogP contribution < -0.4 is 4.90 Å². The average molecular weight is 560 g/mol. The number of rotatable bonds is 5. The molecule has 1 saturated heterocycles. The lowest BCUT2D eigenvalue weighted by atomic mass is 10.0. The molecule has 4 aromatic rings. The standard InChI is InChI=1S/C26H24Cl2N4O.BrH/c1-18-10-11-22(28)17-23(18)31-12-14-32(15-13-31)24(20-8-5-9-21(27)16-20)26-30-29-25(33-26)19-6-3-2-4-7-19;/h2-11,16-17,24H,12-15H2,1H3;1H. The molecule has 0 amide bonds. The van der Waals surface area contributed by atoms with Gasteiger partial charge in [-0.3, -0.25) is 4.90 Å². The van der Waals surface area contributed by atoms with Crippen molar-refractivity contribution in [3.8, 4) is 11.5 Å². The molecule has 5 nitrogen and oxygen atoms in total. The number of hydrogen-bond acceptors (Lipinski definition) is 5. The quantitative estimate of drug-likeness (QED) is 0.268. The molecule has 1 unspecified atom stereocenters. The first-order valence-corrected chi connectivity index (χ1v) is 11.7. The van der Waals surface area contributed by atoms with Crippen molar-refractivity contribution in [1.82, 2.24) is 15.1 Å². The molecular weight excluding hydrogens is 535 g/mol. The van der Waals surface area contributed by atoms with Crippen molar-refractivity contribution in [2.45, 2.75) is 13.0 Å². The number of piperazine rings is 1. The van der Waals surface area contributed by atoms with E-state index in [1.807, 2.05) is 60.7 Å². The van der Waals surface area contributed by atoms with Gasteiger partial charge < -0.3 is 9.32 Å². The van der Waals surface area contributed by atoms with Crippen LogP contribution in [0.2, 0.25) is 10.0 Å². The summed E-state index contributed by atoms with van der Waals surface area (Å²) < 4.78 is 6.19. The number of halogens is 3. The summed E-state index contributed by atoms with van der Waals surface area (Å²) in [4.78, 5) is 4.76. The van der Waals surface area contributed by atoms with Crippen molar-refractivity contribution in [3.05, 3.63) is 99.9 Å². The molecule has 3 aromatic carbocycles. The maximum absolute atomic E-state index is 6.35. The topological polar surface area (TPSA) is 45.4 Å². The summed E-state index contributed by atoms with van der Waals surface area (Å²) in [7, 11) is 0. The van der Waals surface area contributed by atoms with Gasteiger partial charge in [-0.2, -0.15) is 0 Å². The Morgan fingerprint density at radius 2 is 1.56 bits per heavy atom. The summed E-state index contributed by atoms with van der Waals surface area (Å²) >= 11 is 12.6. The zero-order valence-corrected chi connectivity index (χ0v) is 21.9. The van der Waals surface area contributed by atoms with E-state index in [-0.39, 0.29) is 23.0 Å². The Morgan fingerprint density at radius 3 is 2.29 bits per heavy atom. The number of aryl methyl sites for hydroxylation is 1. The van der Waals surface area contributed by atoms with Gasteiger partial charge in [0.1, 0.15) is 6.04 Å². The molecule has 0 N–H and O–H groups in total. The molecule has 1 aliphatic rings. The average Bonchev–Trinajstić information content (AvgIpc) is 3.32. The van der Waals surface area contributed by atoms with E-state index in [0.29, 0.717) is 16.8 Å². The molecule has 176 valence electrons. The van der Waals surface area contributed by atoms with Crippen molar-refractivity contribution >= 4 is 45.9 Å². The highest BCUT2D eigenvalue weighted by atomic mass is 79.9. The molecule has 1 atom stereocenters. The number of nitrogens with zero attached hydrogens (tertiary/aromatic N) is 4. The second-order valence-electron chi connectivity index (χ2n) is 8.22. The van der Waals surface area contributed by atoms with Crippen LogP contribution in [0.5, 0.6) is 0 Å². The number of aromatic nitrogens is 2. The summed E-state index contributed by atoms with van der Waals surface area (Å²) in [6, 6.07) is 23.6. The van der Waals surface area contributed by atoms with Crippen molar-refractivity contribution in [1.29, 1.82) is 0 Å². The lowest BCUT2D eigenvalue weighted by Gasteiger charge is -2.39. The normalized spacial score (nSPS) is 15.1. The van der Waals surface area contributed by atoms with E-state index in [4.69, 9.17) is 27.6 Å². The lowest BCUT2D eigenvalue weighted by Crippen LogP contribution is -2.48. The number of hydrogen-bond donors (Lipinski definition) is 0. The molecule has 0 saturated carbocycles.